The Morgan fingerprint density at radius 1 is 0.850 bits per heavy atom. The molecule has 2 nitrogen and oxygen atoms in total. The van der Waals surface area contributed by atoms with Crippen molar-refractivity contribution in [2.24, 2.45) is 23.7 Å². The first-order chi connectivity index (χ1) is 9.52. The Kier molecular flexibility index (Phi) is 4.42. The Morgan fingerprint density at radius 3 is 2.35 bits per heavy atom. The van der Waals surface area contributed by atoms with Crippen molar-refractivity contribution < 1.29 is 0 Å². The first kappa shape index (κ1) is 14.8. The van der Waals surface area contributed by atoms with Gasteiger partial charge in [0.1, 0.15) is 0 Å². The van der Waals surface area contributed by atoms with Gasteiger partial charge in [0.15, 0.2) is 0 Å². The average molecular weight is 278 g/mol. The van der Waals surface area contributed by atoms with Crippen LogP contribution in [-0.4, -0.2) is 48.6 Å². The number of rotatable bonds is 2. The summed E-state index contributed by atoms with van der Waals surface area (Å²) in [4.78, 5) is 5.37. The molecule has 6 atom stereocenters. The number of hydrogen-bond acceptors (Lipinski definition) is 2. The Balaban J connectivity index is 1.53. The number of nitrogens with zero attached hydrogens (tertiary/aromatic N) is 2. The molecule has 3 aliphatic rings. The molecule has 1 aliphatic carbocycles. The smallest absolute Gasteiger partial charge is 0.00701 e. The summed E-state index contributed by atoms with van der Waals surface area (Å²) in [5.41, 5.74) is 0. The molecular weight excluding hydrogens is 244 g/mol. The molecule has 0 spiro atoms. The maximum absolute atomic E-state index is 2.79. The minimum atomic E-state index is 0.806. The van der Waals surface area contributed by atoms with Gasteiger partial charge in [0.2, 0.25) is 0 Å². The van der Waals surface area contributed by atoms with E-state index in [1.807, 2.05) is 0 Å². The molecule has 0 bridgehead atoms. The third-order valence-electron chi connectivity index (χ3n) is 6.57. The van der Waals surface area contributed by atoms with Crippen LogP contribution in [0.15, 0.2) is 0 Å². The predicted molar refractivity (Wildman–Crippen MR) is 85.8 cm³/mol. The highest BCUT2D eigenvalue weighted by Crippen LogP contribution is 2.41. The summed E-state index contributed by atoms with van der Waals surface area (Å²) in [6.07, 6.45) is 7.36. The molecule has 2 heteroatoms. The summed E-state index contributed by atoms with van der Waals surface area (Å²) >= 11 is 0. The van der Waals surface area contributed by atoms with Gasteiger partial charge in [0.05, 0.1) is 0 Å². The van der Waals surface area contributed by atoms with E-state index < -0.39 is 0 Å². The van der Waals surface area contributed by atoms with Gasteiger partial charge in [0.25, 0.3) is 0 Å². The van der Waals surface area contributed by atoms with Crippen LogP contribution in [0.1, 0.15) is 52.9 Å². The van der Waals surface area contributed by atoms with Crippen LogP contribution in [-0.2, 0) is 0 Å². The lowest BCUT2D eigenvalue weighted by Crippen LogP contribution is -2.47. The maximum Gasteiger partial charge on any atom is 0.00701 e. The third kappa shape index (κ3) is 3.06. The molecule has 0 radical (unpaired) electrons. The van der Waals surface area contributed by atoms with E-state index in [1.54, 1.807) is 0 Å². The molecule has 0 aromatic rings. The van der Waals surface area contributed by atoms with Gasteiger partial charge in [-0.25, -0.2) is 0 Å². The molecule has 3 rings (SSSR count). The first-order valence-corrected chi connectivity index (χ1v) is 8.97. The minimum absolute atomic E-state index is 0.806. The van der Waals surface area contributed by atoms with E-state index >= 15 is 0 Å². The van der Waals surface area contributed by atoms with E-state index in [2.05, 4.69) is 37.6 Å². The monoisotopic (exact) mass is 278 g/mol. The van der Waals surface area contributed by atoms with Crippen molar-refractivity contribution in [1.29, 1.82) is 0 Å². The van der Waals surface area contributed by atoms with Crippen LogP contribution in [0.5, 0.6) is 0 Å². The number of piperidine rings is 1. The average Bonchev–Trinajstić information content (AvgIpc) is 2.70. The Morgan fingerprint density at radius 2 is 1.65 bits per heavy atom. The zero-order valence-electron chi connectivity index (χ0n) is 14.0. The number of likely N-dealkylation sites (tertiary alicyclic amines) is 2. The van der Waals surface area contributed by atoms with Crippen LogP contribution < -0.4 is 0 Å². The fourth-order valence-electron chi connectivity index (χ4n) is 5.26. The molecule has 2 unspecified atom stereocenters. The molecule has 2 aliphatic heterocycles. The summed E-state index contributed by atoms with van der Waals surface area (Å²) in [5.74, 6) is 3.93. The lowest BCUT2D eigenvalue weighted by atomic mass is 9.69. The molecule has 0 N–H and O–H groups in total. The van der Waals surface area contributed by atoms with Gasteiger partial charge >= 0.3 is 0 Å². The van der Waals surface area contributed by atoms with Crippen molar-refractivity contribution >= 4 is 0 Å². The predicted octanol–water partition coefficient (Wildman–Crippen LogP) is 3.47. The Hall–Kier alpha value is -0.0800. The fraction of sp³-hybridized carbons (Fsp3) is 1.00. The molecule has 20 heavy (non-hydrogen) atoms. The number of hydrogen-bond donors (Lipinski definition) is 0. The third-order valence-corrected chi connectivity index (χ3v) is 6.57. The summed E-state index contributed by atoms with van der Waals surface area (Å²) in [6.45, 7) is 11.4. The van der Waals surface area contributed by atoms with E-state index in [4.69, 9.17) is 0 Å². The van der Waals surface area contributed by atoms with Gasteiger partial charge < -0.3 is 9.80 Å². The molecule has 0 amide bonds. The van der Waals surface area contributed by atoms with E-state index in [-0.39, 0.29) is 0 Å². The van der Waals surface area contributed by atoms with Crippen molar-refractivity contribution in [1.82, 2.24) is 9.80 Å². The van der Waals surface area contributed by atoms with Crippen molar-refractivity contribution in [2.45, 2.75) is 65.0 Å². The van der Waals surface area contributed by atoms with Crippen molar-refractivity contribution in [3.05, 3.63) is 0 Å². The van der Waals surface area contributed by atoms with Crippen LogP contribution in [0.3, 0.4) is 0 Å². The van der Waals surface area contributed by atoms with Gasteiger partial charge in [-0.3, -0.25) is 0 Å². The highest BCUT2D eigenvalue weighted by atomic mass is 15.2. The molecule has 0 aromatic carbocycles. The van der Waals surface area contributed by atoms with Gasteiger partial charge in [0, 0.05) is 31.7 Å². The second kappa shape index (κ2) is 5.96. The van der Waals surface area contributed by atoms with Crippen molar-refractivity contribution in [3.63, 3.8) is 0 Å². The zero-order chi connectivity index (χ0) is 14.3. The van der Waals surface area contributed by atoms with Crippen LogP contribution in [0.4, 0.5) is 0 Å². The van der Waals surface area contributed by atoms with Crippen LogP contribution >= 0.6 is 0 Å². The van der Waals surface area contributed by atoms with Crippen LogP contribution in [0.25, 0.3) is 0 Å². The van der Waals surface area contributed by atoms with E-state index in [0.29, 0.717) is 0 Å². The molecule has 2 heterocycles. The molecule has 2 saturated heterocycles. The van der Waals surface area contributed by atoms with E-state index in [0.717, 1.165) is 35.8 Å². The van der Waals surface area contributed by atoms with Gasteiger partial charge in [-0.15, -0.1) is 0 Å². The zero-order valence-corrected chi connectivity index (χ0v) is 14.0. The SMILES string of the molecule is CC1CC(C)N(C[C@H]2CC[C@H]3CN(C)[C@H](C)C[C@H]3C2)C1. The lowest BCUT2D eigenvalue weighted by molar-refractivity contribution is 0.0367. The normalized spacial score (nSPS) is 47.4. The molecular formula is C18H34N2. The quantitative estimate of drug-likeness (QED) is 0.763. The molecule has 0 aromatic heterocycles. The summed E-state index contributed by atoms with van der Waals surface area (Å²) in [6, 6.07) is 1.64. The highest BCUT2D eigenvalue weighted by Gasteiger charge is 2.38. The summed E-state index contributed by atoms with van der Waals surface area (Å²) in [7, 11) is 2.32. The summed E-state index contributed by atoms with van der Waals surface area (Å²) < 4.78 is 0. The molecule has 1 saturated carbocycles. The lowest BCUT2D eigenvalue weighted by Gasteiger charge is -2.46. The van der Waals surface area contributed by atoms with Crippen molar-refractivity contribution in [2.75, 3.05) is 26.7 Å². The largest absolute Gasteiger partial charge is 0.303 e. The van der Waals surface area contributed by atoms with Gasteiger partial charge in [-0.05, 0) is 76.7 Å². The second-order valence-electron chi connectivity index (χ2n) is 8.37. The summed E-state index contributed by atoms with van der Waals surface area (Å²) in [5, 5.41) is 0. The topological polar surface area (TPSA) is 6.48 Å². The van der Waals surface area contributed by atoms with Crippen molar-refractivity contribution in [3.8, 4) is 0 Å². The standard InChI is InChI=1S/C18H34N2/c1-13-7-15(3)20(10-13)11-16-5-6-17-12-19(4)14(2)8-18(17)9-16/h13-18H,5-12H2,1-4H3/t13?,14-,15?,16+,17+,18+/m1/s1. The van der Waals surface area contributed by atoms with Crippen LogP contribution in [0, 0.1) is 23.7 Å². The Labute approximate surface area is 125 Å². The van der Waals surface area contributed by atoms with Gasteiger partial charge in [-0.1, -0.05) is 6.92 Å². The second-order valence-corrected chi connectivity index (χ2v) is 8.37. The molecule has 3 fully saturated rings. The molecule has 116 valence electrons. The van der Waals surface area contributed by atoms with Gasteiger partial charge in [-0.2, -0.15) is 0 Å². The van der Waals surface area contributed by atoms with E-state index in [9.17, 15) is 0 Å². The first-order valence-electron chi connectivity index (χ1n) is 8.97. The minimum Gasteiger partial charge on any atom is -0.303 e. The van der Waals surface area contributed by atoms with Crippen LogP contribution in [0.2, 0.25) is 0 Å². The fourth-order valence-corrected chi connectivity index (χ4v) is 5.26. The van der Waals surface area contributed by atoms with E-state index in [1.165, 1.54) is 51.7 Å². The Bertz CT molecular complexity index is 329. The number of fused-ring (bicyclic) bond motifs is 1. The maximum atomic E-state index is 2.79. The highest BCUT2D eigenvalue weighted by molar-refractivity contribution is 4.90.